The minimum atomic E-state index is -0.0325. The van der Waals surface area contributed by atoms with E-state index >= 15 is 0 Å². The molecule has 1 saturated heterocycles. The summed E-state index contributed by atoms with van der Waals surface area (Å²) >= 11 is 0. The summed E-state index contributed by atoms with van der Waals surface area (Å²) in [5.41, 5.74) is 0. The van der Waals surface area contributed by atoms with E-state index in [-0.39, 0.29) is 5.97 Å². The van der Waals surface area contributed by atoms with E-state index in [1.807, 2.05) is 0 Å². The second kappa shape index (κ2) is 10.4. The molecule has 1 rings (SSSR count). The fourth-order valence-corrected chi connectivity index (χ4v) is 2.19. The molecule has 3 heteroatoms. The van der Waals surface area contributed by atoms with Crippen LogP contribution >= 0.6 is 0 Å². The van der Waals surface area contributed by atoms with Crippen LogP contribution in [0.25, 0.3) is 0 Å². The molecule has 0 aromatic rings. The summed E-state index contributed by atoms with van der Waals surface area (Å²) in [6.45, 7) is 4.51. The van der Waals surface area contributed by atoms with Crippen LogP contribution in [-0.2, 0) is 14.3 Å². The minimum Gasteiger partial charge on any atom is -0.465 e. The van der Waals surface area contributed by atoms with E-state index in [0.717, 1.165) is 38.9 Å². The lowest BCUT2D eigenvalue weighted by atomic mass is 10.0. The van der Waals surface area contributed by atoms with Gasteiger partial charge in [-0.05, 0) is 31.6 Å². The Hall–Kier alpha value is -0.570. The van der Waals surface area contributed by atoms with Crippen LogP contribution in [-0.4, -0.2) is 25.8 Å². The Morgan fingerprint density at radius 3 is 2.39 bits per heavy atom. The number of carbonyl (C=O) groups is 1. The summed E-state index contributed by atoms with van der Waals surface area (Å²) in [7, 11) is 0. The van der Waals surface area contributed by atoms with Crippen LogP contribution in [0.2, 0.25) is 0 Å². The summed E-state index contributed by atoms with van der Waals surface area (Å²) in [6, 6.07) is 0. The van der Waals surface area contributed by atoms with Gasteiger partial charge in [0.15, 0.2) is 0 Å². The molecule has 0 radical (unpaired) electrons. The molecule has 0 aliphatic carbocycles. The Morgan fingerprint density at radius 2 is 1.61 bits per heavy atom. The largest absolute Gasteiger partial charge is 0.465 e. The number of hydrogen-bond donors (Lipinski definition) is 0. The van der Waals surface area contributed by atoms with Gasteiger partial charge in [-0.25, -0.2) is 0 Å². The second-order valence-electron chi connectivity index (χ2n) is 5.41. The molecule has 0 N–H and O–H groups in total. The predicted octanol–water partition coefficient (Wildman–Crippen LogP) is 3.71. The van der Waals surface area contributed by atoms with Crippen molar-refractivity contribution in [3.63, 3.8) is 0 Å². The molecule has 1 atom stereocenters. The van der Waals surface area contributed by atoms with E-state index < -0.39 is 0 Å². The Morgan fingerprint density at radius 1 is 0.944 bits per heavy atom. The van der Waals surface area contributed by atoms with Crippen molar-refractivity contribution in [1.29, 1.82) is 0 Å². The van der Waals surface area contributed by atoms with Crippen molar-refractivity contribution in [2.75, 3.05) is 19.8 Å². The third-order valence-corrected chi connectivity index (χ3v) is 3.43. The highest BCUT2D eigenvalue weighted by molar-refractivity contribution is 5.69. The highest BCUT2D eigenvalue weighted by Crippen LogP contribution is 2.12. The Balaban J connectivity index is 2.21. The zero-order valence-corrected chi connectivity index (χ0v) is 11.8. The molecular weight excluding hydrogens is 228 g/mol. The van der Waals surface area contributed by atoms with Crippen molar-refractivity contribution >= 4 is 5.97 Å². The number of rotatable bonds is 0. The van der Waals surface area contributed by atoms with Crippen molar-refractivity contribution in [2.24, 2.45) is 5.92 Å². The maximum absolute atomic E-state index is 11.5. The molecule has 0 amide bonds. The van der Waals surface area contributed by atoms with Gasteiger partial charge < -0.3 is 9.47 Å². The molecule has 0 aromatic carbocycles. The van der Waals surface area contributed by atoms with Crippen LogP contribution < -0.4 is 0 Å². The van der Waals surface area contributed by atoms with Gasteiger partial charge in [0.1, 0.15) is 0 Å². The number of cyclic esters (lactones) is 1. The molecule has 0 spiro atoms. The lowest BCUT2D eigenvalue weighted by molar-refractivity contribution is -0.145. The van der Waals surface area contributed by atoms with Gasteiger partial charge in [0.05, 0.1) is 6.61 Å². The molecule has 3 nitrogen and oxygen atoms in total. The maximum Gasteiger partial charge on any atom is 0.305 e. The number of esters is 1. The third-order valence-electron chi connectivity index (χ3n) is 3.43. The van der Waals surface area contributed by atoms with Gasteiger partial charge in [0, 0.05) is 19.6 Å². The molecule has 106 valence electrons. The zero-order chi connectivity index (χ0) is 13.1. The van der Waals surface area contributed by atoms with Gasteiger partial charge in [-0.1, -0.05) is 32.6 Å². The zero-order valence-electron chi connectivity index (χ0n) is 11.8. The summed E-state index contributed by atoms with van der Waals surface area (Å²) in [5, 5.41) is 0. The Kier molecular flexibility index (Phi) is 8.92. The fraction of sp³-hybridized carbons (Fsp3) is 0.933. The van der Waals surface area contributed by atoms with Crippen LogP contribution in [0.1, 0.15) is 64.7 Å². The van der Waals surface area contributed by atoms with E-state index in [9.17, 15) is 4.79 Å². The highest BCUT2D eigenvalue weighted by Gasteiger charge is 2.07. The van der Waals surface area contributed by atoms with Gasteiger partial charge in [-0.2, -0.15) is 0 Å². The molecule has 1 aliphatic heterocycles. The summed E-state index contributed by atoms with van der Waals surface area (Å²) in [4.78, 5) is 11.5. The Bertz CT molecular complexity index is 216. The average Bonchev–Trinajstić information content (AvgIpc) is 2.36. The number of carbonyl (C=O) groups excluding carboxylic acids is 1. The molecule has 1 fully saturated rings. The number of hydrogen-bond acceptors (Lipinski definition) is 3. The van der Waals surface area contributed by atoms with Crippen LogP contribution in [0, 0.1) is 5.92 Å². The van der Waals surface area contributed by atoms with E-state index in [2.05, 4.69) is 6.92 Å². The molecule has 1 unspecified atom stereocenters. The molecule has 0 aromatic heterocycles. The minimum absolute atomic E-state index is 0.0325. The second-order valence-corrected chi connectivity index (χ2v) is 5.41. The monoisotopic (exact) mass is 256 g/mol. The standard InChI is InChI=1S/C15H28O3/c1-14-9-5-2-3-7-11-17-12-8-4-6-10-15(16)18-13-14/h14H,2-13H2,1H3. The number of ether oxygens (including phenoxy) is 2. The smallest absolute Gasteiger partial charge is 0.305 e. The Labute approximate surface area is 111 Å². The van der Waals surface area contributed by atoms with E-state index in [0.29, 0.717) is 18.9 Å². The quantitative estimate of drug-likeness (QED) is 0.620. The van der Waals surface area contributed by atoms with Crippen LogP contribution in [0.4, 0.5) is 0 Å². The van der Waals surface area contributed by atoms with E-state index in [1.54, 1.807) is 0 Å². The molecule has 18 heavy (non-hydrogen) atoms. The fourth-order valence-electron chi connectivity index (χ4n) is 2.19. The van der Waals surface area contributed by atoms with Gasteiger partial charge in [0.2, 0.25) is 0 Å². The van der Waals surface area contributed by atoms with Crippen LogP contribution in [0.5, 0.6) is 0 Å². The van der Waals surface area contributed by atoms with Crippen LogP contribution in [0.3, 0.4) is 0 Å². The maximum atomic E-state index is 11.5. The summed E-state index contributed by atoms with van der Waals surface area (Å²) < 4.78 is 10.9. The van der Waals surface area contributed by atoms with Crippen molar-refractivity contribution < 1.29 is 14.3 Å². The van der Waals surface area contributed by atoms with Crippen molar-refractivity contribution in [1.82, 2.24) is 0 Å². The average molecular weight is 256 g/mol. The van der Waals surface area contributed by atoms with Crippen LogP contribution in [0.15, 0.2) is 0 Å². The molecule has 1 aliphatic rings. The van der Waals surface area contributed by atoms with Gasteiger partial charge in [0.25, 0.3) is 0 Å². The van der Waals surface area contributed by atoms with Gasteiger partial charge in [-0.3, -0.25) is 4.79 Å². The molecule has 0 saturated carbocycles. The lowest BCUT2D eigenvalue weighted by Crippen LogP contribution is -2.12. The van der Waals surface area contributed by atoms with Gasteiger partial charge >= 0.3 is 5.97 Å². The molecular formula is C15H28O3. The summed E-state index contributed by atoms with van der Waals surface area (Å²) in [6.07, 6.45) is 9.71. The first-order valence-corrected chi connectivity index (χ1v) is 7.52. The highest BCUT2D eigenvalue weighted by atomic mass is 16.5. The first-order chi connectivity index (χ1) is 8.79. The normalized spacial score (nSPS) is 26.5. The van der Waals surface area contributed by atoms with Gasteiger partial charge in [-0.15, -0.1) is 0 Å². The first kappa shape index (κ1) is 15.5. The lowest BCUT2D eigenvalue weighted by Gasteiger charge is -2.12. The first-order valence-electron chi connectivity index (χ1n) is 7.52. The predicted molar refractivity (Wildman–Crippen MR) is 72.5 cm³/mol. The van der Waals surface area contributed by atoms with Crippen molar-refractivity contribution in [2.45, 2.75) is 64.7 Å². The topological polar surface area (TPSA) is 35.5 Å². The summed E-state index contributed by atoms with van der Waals surface area (Å²) in [5.74, 6) is 0.466. The molecule has 0 bridgehead atoms. The SMILES string of the molecule is CC1CCCCCCOCCCCCC(=O)OC1. The molecule has 1 heterocycles. The van der Waals surface area contributed by atoms with E-state index in [4.69, 9.17) is 9.47 Å². The van der Waals surface area contributed by atoms with E-state index in [1.165, 1.54) is 25.7 Å². The third kappa shape index (κ3) is 8.51. The van der Waals surface area contributed by atoms with Crippen molar-refractivity contribution in [3.8, 4) is 0 Å². The van der Waals surface area contributed by atoms with Crippen molar-refractivity contribution in [3.05, 3.63) is 0 Å².